The Morgan fingerprint density at radius 2 is 2.15 bits per heavy atom. The van der Waals surface area contributed by atoms with Crippen molar-refractivity contribution in [2.24, 2.45) is 0 Å². The first-order valence-corrected chi connectivity index (χ1v) is 7.50. The summed E-state index contributed by atoms with van der Waals surface area (Å²) in [5, 5.41) is 12.5. The van der Waals surface area contributed by atoms with E-state index in [0.29, 0.717) is 17.5 Å². The maximum atomic E-state index is 12.2. The van der Waals surface area contributed by atoms with Crippen LogP contribution in [0.15, 0.2) is 24.3 Å². The number of hydrogen-bond acceptors (Lipinski definition) is 5. The van der Waals surface area contributed by atoms with Crippen LogP contribution in [0.2, 0.25) is 0 Å². The van der Waals surface area contributed by atoms with E-state index >= 15 is 0 Å². The molecule has 1 N–H and O–H groups in total. The highest BCUT2D eigenvalue weighted by molar-refractivity contribution is 7.15. The normalized spacial score (nSPS) is 20.3. The minimum absolute atomic E-state index is 0.153. The number of carbonyl (C=O) groups excluding carboxylic acids is 1. The maximum absolute atomic E-state index is 12.2. The second kappa shape index (κ2) is 4.56. The number of anilines is 1. The van der Waals surface area contributed by atoms with Crippen molar-refractivity contribution < 1.29 is 9.53 Å². The molecule has 102 valence electrons. The molecule has 1 aromatic carbocycles. The van der Waals surface area contributed by atoms with Crippen LogP contribution in [0.3, 0.4) is 0 Å². The van der Waals surface area contributed by atoms with Crippen molar-refractivity contribution in [1.82, 2.24) is 10.2 Å². The summed E-state index contributed by atoms with van der Waals surface area (Å²) in [6.07, 6.45) is 2.50. The zero-order valence-corrected chi connectivity index (χ0v) is 11.5. The van der Waals surface area contributed by atoms with E-state index in [0.717, 1.165) is 16.3 Å². The Kier molecular flexibility index (Phi) is 2.70. The summed E-state index contributed by atoms with van der Waals surface area (Å²) in [4.78, 5) is 12.2. The predicted molar refractivity (Wildman–Crippen MR) is 75.1 cm³/mol. The molecule has 0 unspecified atom stereocenters. The molecule has 1 aliphatic heterocycles. The molecule has 0 bridgehead atoms. The Balaban J connectivity index is 1.43. The van der Waals surface area contributed by atoms with Gasteiger partial charge >= 0.3 is 0 Å². The van der Waals surface area contributed by atoms with Crippen molar-refractivity contribution in [2.45, 2.75) is 31.3 Å². The van der Waals surface area contributed by atoms with Crippen molar-refractivity contribution in [3.8, 4) is 5.75 Å². The molecule has 20 heavy (non-hydrogen) atoms. The first-order valence-electron chi connectivity index (χ1n) is 6.68. The highest BCUT2D eigenvalue weighted by Gasteiger charge is 2.31. The number of hydrogen-bond donors (Lipinski definition) is 1. The van der Waals surface area contributed by atoms with Gasteiger partial charge in [-0.3, -0.25) is 10.1 Å². The molecule has 4 rings (SSSR count). The molecule has 0 radical (unpaired) electrons. The Morgan fingerprint density at radius 3 is 2.95 bits per heavy atom. The van der Waals surface area contributed by atoms with Crippen LogP contribution in [0, 0.1) is 0 Å². The molecule has 1 aliphatic carbocycles. The minimum Gasteiger partial charge on any atom is -0.480 e. The van der Waals surface area contributed by atoms with Crippen LogP contribution in [0.25, 0.3) is 0 Å². The van der Waals surface area contributed by atoms with Gasteiger partial charge in [0.05, 0.1) is 0 Å². The van der Waals surface area contributed by atoms with Gasteiger partial charge in [-0.2, -0.15) is 0 Å². The lowest BCUT2D eigenvalue weighted by atomic mass is 10.1. The van der Waals surface area contributed by atoms with E-state index in [-0.39, 0.29) is 5.91 Å². The zero-order chi connectivity index (χ0) is 13.5. The van der Waals surface area contributed by atoms with Crippen LogP contribution in [-0.2, 0) is 11.2 Å². The summed E-state index contributed by atoms with van der Waals surface area (Å²) in [7, 11) is 0. The summed E-state index contributed by atoms with van der Waals surface area (Å²) in [5.41, 5.74) is 1.07. The fraction of sp³-hybridized carbons (Fsp3) is 0.357. The van der Waals surface area contributed by atoms with Gasteiger partial charge in [0.25, 0.3) is 5.91 Å². The van der Waals surface area contributed by atoms with Crippen molar-refractivity contribution in [1.29, 1.82) is 0 Å². The number of amides is 1. The number of ether oxygens (including phenoxy) is 1. The number of nitrogens with zero attached hydrogens (tertiary/aromatic N) is 2. The second-order valence-electron chi connectivity index (χ2n) is 5.13. The van der Waals surface area contributed by atoms with Gasteiger partial charge in [0.1, 0.15) is 10.8 Å². The second-order valence-corrected chi connectivity index (χ2v) is 6.14. The molecule has 5 nitrogen and oxygen atoms in total. The molecule has 2 aliphatic rings. The highest BCUT2D eigenvalue weighted by atomic mass is 32.1. The average molecular weight is 287 g/mol. The summed E-state index contributed by atoms with van der Waals surface area (Å²) < 4.78 is 5.65. The van der Waals surface area contributed by atoms with Gasteiger partial charge in [-0.25, -0.2) is 0 Å². The molecule has 1 fully saturated rings. The lowest BCUT2D eigenvalue weighted by Crippen LogP contribution is -2.31. The summed E-state index contributed by atoms with van der Waals surface area (Å²) in [6, 6.07) is 7.73. The van der Waals surface area contributed by atoms with Crippen LogP contribution < -0.4 is 10.1 Å². The molecular formula is C14H13N3O2S. The molecule has 2 aromatic rings. The lowest BCUT2D eigenvalue weighted by molar-refractivity contribution is -0.122. The molecule has 6 heteroatoms. The van der Waals surface area contributed by atoms with Crippen LogP contribution in [-0.4, -0.2) is 22.2 Å². The standard InChI is InChI=1S/C14H13N3O2S/c18-12(11-7-9-3-1-2-4-10(9)19-11)15-14-17-16-13(20-14)8-5-6-8/h1-4,8,11H,5-7H2,(H,15,17,18)/t11-/m1/s1. The van der Waals surface area contributed by atoms with Crippen molar-refractivity contribution in [3.05, 3.63) is 34.8 Å². The zero-order valence-electron chi connectivity index (χ0n) is 10.7. The molecule has 2 heterocycles. The third-order valence-electron chi connectivity index (χ3n) is 3.54. The lowest BCUT2D eigenvalue weighted by Gasteiger charge is -2.08. The Hall–Kier alpha value is -1.95. The number of aromatic nitrogens is 2. The van der Waals surface area contributed by atoms with Gasteiger partial charge in [-0.15, -0.1) is 10.2 Å². The van der Waals surface area contributed by atoms with Gasteiger partial charge in [-0.1, -0.05) is 29.5 Å². The van der Waals surface area contributed by atoms with Crippen LogP contribution in [0.4, 0.5) is 5.13 Å². The van der Waals surface area contributed by atoms with E-state index in [9.17, 15) is 4.79 Å². The molecule has 0 saturated heterocycles. The number of nitrogens with one attached hydrogen (secondary N) is 1. The Morgan fingerprint density at radius 1 is 1.30 bits per heavy atom. The van der Waals surface area contributed by atoms with Gasteiger partial charge < -0.3 is 4.74 Å². The number of fused-ring (bicyclic) bond motifs is 1. The first kappa shape index (κ1) is 11.8. The predicted octanol–water partition coefficient (Wildman–Crippen LogP) is 2.36. The number of carbonyl (C=O) groups is 1. The molecule has 1 amide bonds. The summed E-state index contributed by atoms with van der Waals surface area (Å²) >= 11 is 1.46. The third kappa shape index (κ3) is 2.16. The van der Waals surface area contributed by atoms with E-state index < -0.39 is 6.10 Å². The smallest absolute Gasteiger partial charge is 0.267 e. The maximum Gasteiger partial charge on any atom is 0.267 e. The topological polar surface area (TPSA) is 64.1 Å². The molecule has 1 aromatic heterocycles. The SMILES string of the molecule is O=C(Nc1nnc(C2CC2)s1)[C@H]1Cc2ccccc2O1. The van der Waals surface area contributed by atoms with Crippen LogP contribution in [0.5, 0.6) is 5.75 Å². The van der Waals surface area contributed by atoms with E-state index in [2.05, 4.69) is 15.5 Å². The first-order chi connectivity index (χ1) is 9.79. The molecule has 0 spiro atoms. The fourth-order valence-electron chi connectivity index (χ4n) is 2.29. The van der Waals surface area contributed by atoms with Gasteiger partial charge in [0.2, 0.25) is 5.13 Å². The summed E-state index contributed by atoms with van der Waals surface area (Å²) in [6.45, 7) is 0. The summed E-state index contributed by atoms with van der Waals surface area (Å²) in [5.74, 6) is 1.20. The quantitative estimate of drug-likeness (QED) is 0.941. The minimum atomic E-state index is -0.472. The van der Waals surface area contributed by atoms with Gasteiger partial charge in [0, 0.05) is 12.3 Å². The number of benzene rings is 1. The Labute approximate surface area is 120 Å². The van der Waals surface area contributed by atoms with E-state index in [4.69, 9.17) is 4.74 Å². The van der Waals surface area contributed by atoms with Crippen LogP contribution >= 0.6 is 11.3 Å². The van der Waals surface area contributed by atoms with E-state index in [1.54, 1.807) is 0 Å². The van der Waals surface area contributed by atoms with Gasteiger partial charge in [0.15, 0.2) is 6.10 Å². The fourth-order valence-corrected chi connectivity index (χ4v) is 3.21. The van der Waals surface area contributed by atoms with Gasteiger partial charge in [-0.05, 0) is 24.5 Å². The molecule has 1 atom stereocenters. The largest absolute Gasteiger partial charge is 0.480 e. The number of rotatable bonds is 3. The molecular weight excluding hydrogens is 274 g/mol. The Bertz CT molecular complexity index is 641. The van der Waals surface area contributed by atoms with Crippen molar-refractivity contribution in [2.75, 3.05) is 5.32 Å². The van der Waals surface area contributed by atoms with Crippen LogP contribution in [0.1, 0.15) is 29.3 Å². The molecule has 1 saturated carbocycles. The highest BCUT2D eigenvalue weighted by Crippen LogP contribution is 2.42. The van der Waals surface area contributed by atoms with E-state index in [1.807, 2.05) is 24.3 Å². The van der Waals surface area contributed by atoms with Crippen molar-refractivity contribution in [3.63, 3.8) is 0 Å². The average Bonchev–Trinajstić information content (AvgIpc) is 3.04. The number of para-hydroxylation sites is 1. The van der Waals surface area contributed by atoms with Crippen molar-refractivity contribution >= 4 is 22.4 Å². The monoisotopic (exact) mass is 287 g/mol. The van der Waals surface area contributed by atoms with E-state index in [1.165, 1.54) is 24.2 Å². The third-order valence-corrected chi connectivity index (χ3v) is 4.54.